The van der Waals surface area contributed by atoms with Gasteiger partial charge in [-0.15, -0.1) is 0 Å². The van der Waals surface area contributed by atoms with Crippen LogP contribution in [0.15, 0.2) is 30.3 Å². The van der Waals surface area contributed by atoms with E-state index >= 15 is 0 Å². The number of anilines is 1. The molecule has 0 atom stereocenters. The number of carboxylic acids is 1. The maximum atomic E-state index is 11.3. The van der Waals surface area contributed by atoms with Gasteiger partial charge in [0, 0.05) is 25.6 Å². The van der Waals surface area contributed by atoms with Crippen LogP contribution in [0.1, 0.15) is 12.8 Å². The third kappa shape index (κ3) is 1.88. The molecular formula is C12H15NO3. The minimum absolute atomic E-state index is 0.0484. The average molecular weight is 221 g/mol. The van der Waals surface area contributed by atoms with Crippen molar-refractivity contribution in [1.29, 1.82) is 0 Å². The Hall–Kier alpha value is -1.55. The minimum atomic E-state index is -0.859. The third-order valence-electron chi connectivity index (χ3n) is 3.05. The van der Waals surface area contributed by atoms with Crippen LogP contribution in [-0.2, 0) is 9.53 Å². The molecule has 0 bridgehead atoms. The number of carboxylic acid groups (broad SMARTS) is 1. The summed E-state index contributed by atoms with van der Waals surface area (Å²) in [5, 5.41) is 12.3. The SMILES string of the molecule is COC1CC(Nc2ccccc2)(C(=O)O)C1. The van der Waals surface area contributed by atoms with Crippen LogP contribution >= 0.6 is 0 Å². The van der Waals surface area contributed by atoms with E-state index in [1.54, 1.807) is 7.11 Å². The molecule has 4 heteroatoms. The van der Waals surface area contributed by atoms with E-state index in [-0.39, 0.29) is 6.10 Å². The normalized spacial score (nSPS) is 28.2. The molecule has 1 aliphatic carbocycles. The first-order valence-electron chi connectivity index (χ1n) is 5.26. The van der Waals surface area contributed by atoms with Gasteiger partial charge in [0.25, 0.3) is 0 Å². The lowest BCUT2D eigenvalue weighted by Gasteiger charge is -2.44. The molecule has 1 aromatic carbocycles. The number of hydrogen-bond acceptors (Lipinski definition) is 3. The Morgan fingerprint density at radius 2 is 2.06 bits per heavy atom. The number of nitrogens with one attached hydrogen (secondary N) is 1. The van der Waals surface area contributed by atoms with Crippen LogP contribution in [0.4, 0.5) is 5.69 Å². The molecule has 1 aliphatic rings. The van der Waals surface area contributed by atoms with E-state index in [0.717, 1.165) is 5.69 Å². The van der Waals surface area contributed by atoms with Crippen molar-refractivity contribution in [2.75, 3.05) is 12.4 Å². The molecule has 0 saturated heterocycles. The molecule has 2 rings (SSSR count). The fourth-order valence-corrected chi connectivity index (χ4v) is 2.01. The summed E-state index contributed by atoms with van der Waals surface area (Å²) >= 11 is 0. The molecule has 0 radical (unpaired) electrons. The summed E-state index contributed by atoms with van der Waals surface area (Å²) in [5.41, 5.74) is -0.0263. The minimum Gasteiger partial charge on any atom is -0.480 e. The predicted molar refractivity (Wildman–Crippen MR) is 60.5 cm³/mol. The van der Waals surface area contributed by atoms with E-state index in [0.29, 0.717) is 12.8 Å². The van der Waals surface area contributed by atoms with Gasteiger partial charge in [-0.3, -0.25) is 0 Å². The smallest absolute Gasteiger partial charge is 0.329 e. The molecule has 4 nitrogen and oxygen atoms in total. The number of hydrogen-bond donors (Lipinski definition) is 2. The fraction of sp³-hybridized carbons (Fsp3) is 0.417. The van der Waals surface area contributed by atoms with Crippen molar-refractivity contribution in [3.05, 3.63) is 30.3 Å². The van der Waals surface area contributed by atoms with Crippen molar-refractivity contribution >= 4 is 11.7 Å². The number of para-hydroxylation sites is 1. The Morgan fingerprint density at radius 1 is 1.44 bits per heavy atom. The first-order valence-corrected chi connectivity index (χ1v) is 5.26. The highest BCUT2D eigenvalue weighted by Crippen LogP contribution is 2.37. The van der Waals surface area contributed by atoms with E-state index in [9.17, 15) is 9.90 Å². The molecule has 0 aromatic heterocycles. The van der Waals surface area contributed by atoms with Crippen LogP contribution in [0.5, 0.6) is 0 Å². The molecule has 0 unspecified atom stereocenters. The van der Waals surface area contributed by atoms with Gasteiger partial charge in [-0.05, 0) is 12.1 Å². The Kier molecular flexibility index (Phi) is 2.83. The number of benzene rings is 1. The van der Waals surface area contributed by atoms with E-state index in [4.69, 9.17) is 4.74 Å². The molecule has 1 aromatic rings. The summed E-state index contributed by atoms with van der Waals surface area (Å²) in [4.78, 5) is 11.3. The van der Waals surface area contributed by atoms with Crippen LogP contribution in [0.25, 0.3) is 0 Å². The van der Waals surface area contributed by atoms with Gasteiger partial charge in [0.05, 0.1) is 6.10 Å². The molecule has 0 spiro atoms. The quantitative estimate of drug-likeness (QED) is 0.813. The Bertz CT molecular complexity index is 371. The van der Waals surface area contributed by atoms with Gasteiger partial charge >= 0.3 is 5.97 Å². The van der Waals surface area contributed by atoms with Gasteiger partial charge in [0.2, 0.25) is 0 Å². The standard InChI is InChI=1S/C12H15NO3/c1-16-10-7-12(8-10,11(14)15)13-9-5-3-2-4-6-9/h2-6,10,13H,7-8H2,1H3,(H,14,15). The van der Waals surface area contributed by atoms with E-state index in [1.165, 1.54) is 0 Å². The van der Waals surface area contributed by atoms with Crippen LogP contribution in [0.2, 0.25) is 0 Å². The van der Waals surface area contributed by atoms with Gasteiger partial charge in [-0.25, -0.2) is 4.79 Å². The van der Waals surface area contributed by atoms with Crippen molar-refractivity contribution in [2.45, 2.75) is 24.5 Å². The lowest BCUT2D eigenvalue weighted by atomic mass is 9.74. The monoisotopic (exact) mass is 221 g/mol. The number of aliphatic carboxylic acids is 1. The van der Waals surface area contributed by atoms with Crippen LogP contribution in [0, 0.1) is 0 Å². The first kappa shape index (κ1) is 11.0. The Balaban J connectivity index is 2.09. The fourth-order valence-electron chi connectivity index (χ4n) is 2.01. The lowest BCUT2D eigenvalue weighted by molar-refractivity contribution is -0.151. The molecule has 0 heterocycles. The summed E-state index contributed by atoms with van der Waals surface area (Å²) in [5.74, 6) is -0.815. The molecule has 0 aliphatic heterocycles. The van der Waals surface area contributed by atoms with Crippen molar-refractivity contribution < 1.29 is 14.6 Å². The largest absolute Gasteiger partial charge is 0.480 e. The topological polar surface area (TPSA) is 58.6 Å². The van der Waals surface area contributed by atoms with Gasteiger partial charge in [-0.2, -0.15) is 0 Å². The zero-order chi connectivity index (χ0) is 11.6. The predicted octanol–water partition coefficient (Wildman–Crippen LogP) is 1.73. The van der Waals surface area contributed by atoms with E-state index in [2.05, 4.69) is 5.32 Å². The van der Waals surface area contributed by atoms with E-state index in [1.807, 2.05) is 30.3 Å². The highest BCUT2D eigenvalue weighted by molar-refractivity contribution is 5.84. The summed E-state index contributed by atoms with van der Waals surface area (Å²) < 4.78 is 5.13. The summed E-state index contributed by atoms with van der Waals surface area (Å²) in [6.45, 7) is 0. The van der Waals surface area contributed by atoms with Crippen molar-refractivity contribution in [2.24, 2.45) is 0 Å². The third-order valence-corrected chi connectivity index (χ3v) is 3.05. The van der Waals surface area contributed by atoms with Crippen LogP contribution < -0.4 is 5.32 Å². The maximum Gasteiger partial charge on any atom is 0.329 e. The number of ether oxygens (including phenoxy) is 1. The lowest BCUT2D eigenvalue weighted by Crippen LogP contribution is -2.59. The van der Waals surface area contributed by atoms with E-state index < -0.39 is 11.5 Å². The molecular weight excluding hydrogens is 206 g/mol. The summed E-state index contributed by atoms with van der Waals surface area (Å²) in [6, 6.07) is 9.39. The van der Waals surface area contributed by atoms with Gasteiger partial charge in [0.15, 0.2) is 0 Å². The molecule has 1 saturated carbocycles. The van der Waals surface area contributed by atoms with Gasteiger partial charge < -0.3 is 15.2 Å². The molecule has 86 valence electrons. The molecule has 0 amide bonds. The molecule has 2 N–H and O–H groups in total. The number of rotatable bonds is 4. The second-order valence-corrected chi connectivity index (χ2v) is 4.14. The zero-order valence-corrected chi connectivity index (χ0v) is 9.14. The Morgan fingerprint density at radius 3 is 2.56 bits per heavy atom. The van der Waals surface area contributed by atoms with Crippen molar-refractivity contribution in [3.8, 4) is 0 Å². The Labute approximate surface area is 94.2 Å². The van der Waals surface area contributed by atoms with Crippen molar-refractivity contribution in [3.63, 3.8) is 0 Å². The maximum absolute atomic E-state index is 11.3. The molecule has 1 fully saturated rings. The van der Waals surface area contributed by atoms with Crippen LogP contribution in [-0.4, -0.2) is 29.8 Å². The van der Waals surface area contributed by atoms with Crippen molar-refractivity contribution in [1.82, 2.24) is 0 Å². The zero-order valence-electron chi connectivity index (χ0n) is 9.14. The second kappa shape index (κ2) is 4.14. The summed E-state index contributed by atoms with van der Waals surface area (Å²) in [7, 11) is 1.61. The number of methoxy groups -OCH3 is 1. The highest BCUT2D eigenvalue weighted by atomic mass is 16.5. The second-order valence-electron chi connectivity index (χ2n) is 4.14. The van der Waals surface area contributed by atoms with Gasteiger partial charge in [0.1, 0.15) is 5.54 Å². The first-order chi connectivity index (χ1) is 7.66. The average Bonchev–Trinajstić information content (AvgIpc) is 2.23. The summed E-state index contributed by atoms with van der Waals surface area (Å²) in [6.07, 6.45) is 1.06. The highest BCUT2D eigenvalue weighted by Gasteiger charge is 2.51. The molecule has 16 heavy (non-hydrogen) atoms. The number of carbonyl (C=O) groups is 1. The van der Waals surface area contributed by atoms with Crippen LogP contribution in [0.3, 0.4) is 0 Å². The van der Waals surface area contributed by atoms with Gasteiger partial charge in [-0.1, -0.05) is 18.2 Å².